The molecule has 1 N–H and O–H groups in total. The van der Waals surface area contributed by atoms with Crippen LogP contribution in [0.3, 0.4) is 0 Å². The maximum Gasteiger partial charge on any atom is 0.309 e. The van der Waals surface area contributed by atoms with E-state index in [1.54, 1.807) is 4.90 Å². The van der Waals surface area contributed by atoms with E-state index >= 15 is 0 Å². The Kier molecular flexibility index (Phi) is 6.02. The SMILES string of the molecule is C=PC(C(=O)N1C[C@@H](C(=O)O)[C@@]2(CC2N(C)CCCC)C1)c1ccccc1. The van der Waals surface area contributed by atoms with E-state index in [1.807, 2.05) is 30.3 Å². The van der Waals surface area contributed by atoms with Crippen molar-refractivity contribution < 1.29 is 14.7 Å². The molecule has 0 radical (unpaired) electrons. The number of nitrogens with zero attached hydrogens (tertiary/aromatic N) is 2. The third-order valence-corrected chi connectivity index (χ3v) is 7.08. The first kappa shape index (κ1) is 20.0. The summed E-state index contributed by atoms with van der Waals surface area (Å²) < 4.78 is 0. The number of carboxylic acids is 1. The van der Waals surface area contributed by atoms with Gasteiger partial charge in [-0.2, -0.15) is 0 Å². The second-order valence-electron chi connectivity index (χ2n) is 7.89. The highest BCUT2D eigenvalue weighted by Crippen LogP contribution is 2.59. The molecule has 1 aromatic carbocycles. The minimum atomic E-state index is -0.778. The van der Waals surface area contributed by atoms with Gasteiger partial charge < -0.3 is 14.9 Å². The third kappa shape index (κ3) is 3.81. The summed E-state index contributed by atoms with van der Waals surface area (Å²) in [6, 6.07) is 9.92. The molecule has 1 spiro atoms. The number of rotatable bonds is 8. The zero-order chi connectivity index (χ0) is 19.6. The number of aliphatic carboxylic acids is 1. The first-order valence-corrected chi connectivity index (χ1v) is 10.8. The summed E-state index contributed by atoms with van der Waals surface area (Å²) in [7, 11) is 2.82. The van der Waals surface area contributed by atoms with E-state index in [4.69, 9.17) is 0 Å². The van der Waals surface area contributed by atoms with Crippen molar-refractivity contribution in [2.75, 3.05) is 26.7 Å². The van der Waals surface area contributed by atoms with Gasteiger partial charge in [0.25, 0.3) is 0 Å². The van der Waals surface area contributed by atoms with Crippen molar-refractivity contribution >= 4 is 26.4 Å². The fourth-order valence-corrected chi connectivity index (χ4v) is 5.26. The van der Waals surface area contributed by atoms with Crippen LogP contribution in [0.25, 0.3) is 0 Å². The molecule has 1 heterocycles. The molecule has 2 unspecified atom stereocenters. The summed E-state index contributed by atoms with van der Waals surface area (Å²) in [5, 5.41) is 9.81. The van der Waals surface area contributed by atoms with Crippen LogP contribution < -0.4 is 0 Å². The first-order valence-electron chi connectivity index (χ1n) is 9.67. The average molecular weight is 388 g/mol. The van der Waals surface area contributed by atoms with Crippen LogP contribution in [0.15, 0.2) is 30.3 Å². The second kappa shape index (κ2) is 8.12. The van der Waals surface area contributed by atoms with Crippen molar-refractivity contribution in [3.8, 4) is 0 Å². The molecule has 0 bridgehead atoms. The number of hydrogen-bond acceptors (Lipinski definition) is 3. The number of amides is 1. The standard InChI is InChI=1S/C21H29N2O3P/c1-4-5-11-22(2)17-12-21(17)14-23(13-16(21)20(25)26)19(24)18(27-3)15-9-7-6-8-10-15/h6-10,16-18H,3-5,11-14H2,1-2H3,(H,25,26)/t16-,17?,18?,21+/m0/s1. The number of likely N-dealkylation sites (tertiary alicyclic amines) is 1. The van der Waals surface area contributed by atoms with Gasteiger partial charge in [-0.3, -0.25) is 9.59 Å². The molecular formula is C21H29N2O3P. The summed E-state index contributed by atoms with van der Waals surface area (Å²) in [4.78, 5) is 29.2. The van der Waals surface area contributed by atoms with Gasteiger partial charge in [0.05, 0.1) is 5.92 Å². The maximum atomic E-state index is 13.2. The van der Waals surface area contributed by atoms with Crippen LogP contribution in [-0.4, -0.2) is 65.8 Å². The van der Waals surface area contributed by atoms with Crippen LogP contribution in [0.5, 0.6) is 0 Å². The van der Waals surface area contributed by atoms with Gasteiger partial charge in [0.2, 0.25) is 5.91 Å². The predicted octanol–water partition coefficient (Wildman–Crippen LogP) is 3.14. The Morgan fingerprint density at radius 3 is 2.70 bits per heavy atom. The minimum absolute atomic E-state index is 0.00264. The van der Waals surface area contributed by atoms with Gasteiger partial charge in [-0.25, -0.2) is 0 Å². The van der Waals surface area contributed by atoms with Crippen molar-refractivity contribution in [3.05, 3.63) is 35.9 Å². The molecule has 1 amide bonds. The van der Waals surface area contributed by atoms with Crippen LogP contribution >= 0.6 is 8.20 Å². The molecule has 1 saturated carbocycles. The molecule has 1 aromatic rings. The van der Waals surface area contributed by atoms with Gasteiger partial charge in [-0.1, -0.05) is 58.2 Å². The van der Waals surface area contributed by atoms with Crippen LogP contribution in [0.2, 0.25) is 0 Å². The highest BCUT2D eigenvalue weighted by atomic mass is 31.1. The van der Waals surface area contributed by atoms with Crippen molar-refractivity contribution in [3.63, 3.8) is 0 Å². The summed E-state index contributed by atoms with van der Waals surface area (Å²) in [6.45, 7) is 4.00. The Morgan fingerprint density at radius 1 is 1.41 bits per heavy atom. The number of carbonyl (C=O) groups excluding carboxylic acids is 1. The van der Waals surface area contributed by atoms with Gasteiger partial charge >= 0.3 is 5.97 Å². The molecule has 0 aromatic heterocycles. The lowest BCUT2D eigenvalue weighted by atomic mass is 9.92. The lowest BCUT2D eigenvalue weighted by Crippen LogP contribution is -2.34. The van der Waals surface area contributed by atoms with Crippen LogP contribution in [-0.2, 0) is 9.59 Å². The number of benzene rings is 1. The lowest BCUT2D eigenvalue weighted by Gasteiger charge is -2.23. The quantitative estimate of drug-likeness (QED) is 0.695. The van der Waals surface area contributed by atoms with E-state index in [1.165, 1.54) is 0 Å². The fraction of sp³-hybridized carbons (Fsp3) is 0.571. The number of hydrogen-bond donors (Lipinski definition) is 1. The lowest BCUT2D eigenvalue weighted by molar-refractivity contribution is -0.143. The zero-order valence-electron chi connectivity index (χ0n) is 16.2. The van der Waals surface area contributed by atoms with Gasteiger partial charge in [0, 0.05) is 24.5 Å². The summed E-state index contributed by atoms with van der Waals surface area (Å²) in [5.74, 6) is -1.25. The highest BCUT2D eigenvalue weighted by Gasteiger charge is 2.67. The Balaban J connectivity index is 1.76. The number of carboxylic acid groups (broad SMARTS) is 1. The number of carbonyl (C=O) groups is 2. The van der Waals surface area contributed by atoms with Gasteiger partial charge in [-0.05, 0) is 32.0 Å². The molecule has 1 saturated heterocycles. The Morgan fingerprint density at radius 2 is 2.11 bits per heavy atom. The molecule has 5 nitrogen and oxygen atoms in total. The largest absolute Gasteiger partial charge is 0.481 e. The molecule has 2 fully saturated rings. The van der Waals surface area contributed by atoms with E-state index < -0.39 is 11.9 Å². The summed E-state index contributed by atoms with van der Waals surface area (Å²) >= 11 is 0. The number of unbranched alkanes of at least 4 members (excludes halogenated alkanes) is 1. The average Bonchev–Trinajstić information content (AvgIpc) is 3.24. The van der Waals surface area contributed by atoms with E-state index in [0.717, 1.165) is 39.6 Å². The molecule has 1 aliphatic carbocycles. The Hall–Kier alpha value is -1.71. The fourth-order valence-electron chi connectivity index (χ4n) is 4.56. The zero-order valence-corrected chi connectivity index (χ0v) is 17.1. The first-order chi connectivity index (χ1) is 12.9. The van der Waals surface area contributed by atoms with E-state index in [9.17, 15) is 14.7 Å². The highest BCUT2D eigenvalue weighted by molar-refractivity contribution is 7.38. The molecule has 6 heteroatoms. The molecule has 4 atom stereocenters. The van der Waals surface area contributed by atoms with E-state index in [2.05, 4.69) is 25.2 Å². The van der Waals surface area contributed by atoms with Crippen molar-refractivity contribution in [1.82, 2.24) is 9.80 Å². The van der Waals surface area contributed by atoms with E-state index in [-0.39, 0.29) is 23.0 Å². The van der Waals surface area contributed by atoms with Crippen molar-refractivity contribution in [1.29, 1.82) is 0 Å². The Bertz CT molecular complexity index is 711. The normalized spacial score (nSPS) is 28.0. The smallest absolute Gasteiger partial charge is 0.309 e. The van der Waals surface area contributed by atoms with Crippen LogP contribution in [0.4, 0.5) is 0 Å². The summed E-state index contributed by atoms with van der Waals surface area (Å²) in [5.41, 5.74) is 0.328. The minimum Gasteiger partial charge on any atom is -0.481 e. The second-order valence-corrected chi connectivity index (χ2v) is 8.77. The van der Waals surface area contributed by atoms with Crippen molar-refractivity contribution in [2.24, 2.45) is 11.3 Å². The molecule has 27 heavy (non-hydrogen) atoms. The topological polar surface area (TPSA) is 60.9 Å². The Labute approximate surface area is 163 Å². The van der Waals surface area contributed by atoms with Gasteiger partial charge in [-0.15, -0.1) is 0 Å². The molecular weight excluding hydrogens is 359 g/mol. The van der Waals surface area contributed by atoms with E-state index in [0.29, 0.717) is 13.1 Å². The van der Waals surface area contributed by atoms with Crippen LogP contribution in [0.1, 0.15) is 37.4 Å². The summed E-state index contributed by atoms with van der Waals surface area (Å²) in [6.07, 6.45) is 7.04. The predicted molar refractivity (Wildman–Crippen MR) is 109 cm³/mol. The van der Waals surface area contributed by atoms with Gasteiger partial charge in [0.15, 0.2) is 0 Å². The molecule has 2 aliphatic rings. The maximum absolute atomic E-state index is 13.2. The molecule has 146 valence electrons. The molecule has 3 rings (SSSR count). The molecule has 1 aliphatic heterocycles. The van der Waals surface area contributed by atoms with Gasteiger partial charge in [0.1, 0.15) is 5.66 Å². The van der Waals surface area contributed by atoms with Crippen LogP contribution in [0, 0.1) is 11.3 Å². The van der Waals surface area contributed by atoms with Crippen molar-refractivity contribution in [2.45, 2.75) is 37.9 Å². The third-order valence-electron chi connectivity index (χ3n) is 6.20. The monoisotopic (exact) mass is 388 g/mol.